The van der Waals surface area contributed by atoms with Gasteiger partial charge in [0, 0.05) is 6.42 Å². The van der Waals surface area contributed by atoms with Crippen molar-refractivity contribution in [1.29, 1.82) is 0 Å². The number of nitrogens with two attached hydrogens (primary N) is 2. The Morgan fingerprint density at radius 3 is 2.96 bits per heavy atom. The van der Waals surface area contributed by atoms with E-state index in [9.17, 15) is 5.11 Å². The molecule has 0 saturated heterocycles. The van der Waals surface area contributed by atoms with Crippen molar-refractivity contribution >= 4 is 28.9 Å². The predicted molar refractivity (Wildman–Crippen MR) is 100 cm³/mol. The van der Waals surface area contributed by atoms with Gasteiger partial charge in [-0.05, 0) is 44.7 Å². The van der Waals surface area contributed by atoms with Crippen molar-refractivity contribution in [2.75, 3.05) is 30.9 Å². The molecule has 140 valence electrons. The van der Waals surface area contributed by atoms with Gasteiger partial charge in [-0.3, -0.25) is 0 Å². The van der Waals surface area contributed by atoms with E-state index >= 15 is 0 Å². The van der Waals surface area contributed by atoms with Gasteiger partial charge in [0.05, 0.1) is 12.6 Å². The van der Waals surface area contributed by atoms with Crippen LogP contribution in [0.2, 0.25) is 0 Å². The summed E-state index contributed by atoms with van der Waals surface area (Å²) in [6, 6.07) is -0.0999. The molecule has 2 aromatic heterocycles. The van der Waals surface area contributed by atoms with E-state index in [2.05, 4.69) is 21.2 Å². The van der Waals surface area contributed by atoms with Gasteiger partial charge in [-0.15, -0.1) is 9.97 Å². The van der Waals surface area contributed by atoms with Crippen LogP contribution in [0.4, 0.5) is 5.95 Å². The number of unbranched alkanes of at least 4 members (excludes halogenated alkanes) is 1. The van der Waals surface area contributed by atoms with E-state index in [1.807, 2.05) is 11.5 Å². The highest BCUT2D eigenvalue weighted by Gasteiger charge is 2.24. The first-order chi connectivity index (χ1) is 12.1. The number of aliphatic hydroxyl groups excluding tert-OH is 1. The fourth-order valence-corrected chi connectivity index (χ4v) is 3.12. The van der Waals surface area contributed by atoms with Crippen molar-refractivity contribution in [3.63, 3.8) is 0 Å². The van der Waals surface area contributed by atoms with Gasteiger partial charge in [0.25, 0.3) is 5.65 Å². The molecule has 0 fully saturated rings. The van der Waals surface area contributed by atoms with Crippen LogP contribution in [0.5, 0.6) is 0 Å². The van der Waals surface area contributed by atoms with Crippen LogP contribution in [-0.4, -0.2) is 51.5 Å². The lowest BCUT2D eigenvalue weighted by Gasteiger charge is -2.17. The summed E-state index contributed by atoms with van der Waals surface area (Å²) in [7, 11) is 0. The number of rotatable bonds is 11. The zero-order valence-electron chi connectivity index (χ0n) is 14.9. The molecular formula is C16H29N6O2S+. The van der Waals surface area contributed by atoms with Gasteiger partial charge in [0.15, 0.2) is 12.6 Å². The number of hydrogen-bond acceptors (Lipinski definition) is 7. The lowest BCUT2D eigenvalue weighted by atomic mass is 10.2. The molecule has 2 rings (SSSR count). The van der Waals surface area contributed by atoms with Crippen molar-refractivity contribution in [3.8, 4) is 0 Å². The van der Waals surface area contributed by atoms with Gasteiger partial charge in [0.2, 0.25) is 0 Å². The fourth-order valence-electron chi connectivity index (χ4n) is 2.72. The van der Waals surface area contributed by atoms with Gasteiger partial charge >= 0.3 is 5.95 Å². The maximum Gasteiger partial charge on any atom is 0.345 e. The third-order valence-corrected chi connectivity index (χ3v) is 4.66. The third-order valence-electron chi connectivity index (χ3n) is 4.05. The average Bonchev–Trinajstić information content (AvgIpc) is 3.07. The molecule has 0 radical (unpaired) electrons. The number of hydrogen-bond donors (Lipinski definition) is 4. The van der Waals surface area contributed by atoms with Gasteiger partial charge in [-0.1, -0.05) is 0 Å². The zero-order chi connectivity index (χ0) is 18.2. The number of fused-ring (bicyclic) bond motifs is 1. The molecule has 2 unspecified atom stereocenters. The number of aromatic nitrogens is 4. The Morgan fingerprint density at radius 1 is 1.44 bits per heavy atom. The molecule has 0 aromatic carbocycles. The molecule has 6 N–H and O–H groups in total. The van der Waals surface area contributed by atoms with Crippen molar-refractivity contribution < 1.29 is 14.4 Å². The number of ether oxygens (including phenoxy) is 1. The van der Waals surface area contributed by atoms with Crippen molar-refractivity contribution in [2.24, 2.45) is 5.73 Å². The second kappa shape index (κ2) is 9.91. The summed E-state index contributed by atoms with van der Waals surface area (Å²) in [6.45, 7) is 2.92. The van der Waals surface area contributed by atoms with Gasteiger partial charge < -0.3 is 26.3 Å². The highest BCUT2D eigenvalue weighted by atomic mass is 32.2. The molecule has 0 spiro atoms. The predicted octanol–water partition coefficient (Wildman–Crippen LogP) is 0.758. The molecular weight excluding hydrogens is 340 g/mol. The van der Waals surface area contributed by atoms with Gasteiger partial charge in [-0.2, -0.15) is 11.8 Å². The smallest absolute Gasteiger partial charge is 0.345 e. The summed E-state index contributed by atoms with van der Waals surface area (Å²) >= 11 is 1.77. The molecule has 0 aliphatic rings. The first-order valence-corrected chi connectivity index (χ1v) is 9.99. The largest absolute Gasteiger partial charge is 0.368 e. The fraction of sp³-hybridized carbons (Fsp3) is 0.688. The zero-order valence-corrected chi connectivity index (χ0v) is 15.8. The van der Waals surface area contributed by atoms with Crippen molar-refractivity contribution in [1.82, 2.24) is 15.0 Å². The van der Waals surface area contributed by atoms with Crippen LogP contribution in [0.3, 0.4) is 0 Å². The minimum absolute atomic E-state index is 0.0999. The first-order valence-electron chi connectivity index (χ1n) is 8.60. The molecule has 0 bridgehead atoms. The average molecular weight is 370 g/mol. The van der Waals surface area contributed by atoms with E-state index in [1.54, 1.807) is 18.1 Å². The van der Waals surface area contributed by atoms with Gasteiger partial charge in [-0.25, -0.2) is 4.57 Å². The first kappa shape index (κ1) is 19.9. The van der Waals surface area contributed by atoms with Crippen LogP contribution >= 0.6 is 11.8 Å². The monoisotopic (exact) mass is 369 g/mol. The standard InChI is InChI=1S/C16H28N6O2S/c1-11(9-24-13(23)5-3-4-7-17)22-15-14(19-10-20-15)12(6-8-25-2)21-16(22)18/h10-11,13,23H,3-9,17H2,1-2H3,(H2,18,19,20,21)/p+1. The van der Waals surface area contributed by atoms with Crippen LogP contribution in [0.1, 0.15) is 37.9 Å². The molecule has 2 atom stereocenters. The summed E-state index contributed by atoms with van der Waals surface area (Å²) < 4.78 is 7.40. The van der Waals surface area contributed by atoms with E-state index in [-0.39, 0.29) is 6.04 Å². The third kappa shape index (κ3) is 5.27. The minimum atomic E-state index is -0.792. The molecule has 0 aliphatic heterocycles. The Bertz CT molecular complexity index is 665. The molecule has 25 heavy (non-hydrogen) atoms. The summed E-state index contributed by atoms with van der Waals surface area (Å²) in [6.07, 6.45) is 6.06. The van der Waals surface area contributed by atoms with E-state index in [0.29, 0.717) is 25.5 Å². The van der Waals surface area contributed by atoms with Gasteiger partial charge in [0.1, 0.15) is 11.2 Å². The molecule has 2 heterocycles. The number of imidazole rings is 1. The highest BCUT2D eigenvalue weighted by Crippen LogP contribution is 2.16. The molecule has 0 amide bonds. The number of aryl methyl sites for hydroxylation is 1. The summed E-state index contributed by atoms with van der Waals surface area (Å²) in [4.78, 5) is 12.1. The van der Waals surface area contributed by atoms with E-state index in [0.717, 1.165) is 41.9 Å². The Morgan fingerprint density at radius 2 is 2.24 bits per heavy atom. The van der Waals surface area contributed by atoms with Crippen LogP contribution < -0.4 is 16.0 Å². The molecule has 2 aromatic rings. The topological polar surface area (TPSA) is 127 Å². The molecule has 0 saturated carbocycles. The summed E-state index contributed by atoms with van der Waals surface area (Å²) in [5.41, 5.74) is 14.2. The lowest BCUT2D eigenvalue weighted by molar-refractivity contribution is -0.688. The Kier molecular flexibility index (Phi) is 7.89. The number of nitrogen functional groups attached to an aromatic ring is 1. The van der Waals surface area contributed by atoms with Crippen LogP contribution in [0.25, 0.3) is 11.2 Å². The van der Waals surface area contributed by atoms with E-state index in [4.69, 9.17) is 16.2 Å². The molecule has 9 heteroatoms. The van der Waals surface area contributed by atoms with E-state index < -0.39 is 6.29 Å². The quantitative estimate of drug-likeness (QED) is 0.261. The lowest BCUT2D eigenvalue weighted by Crippen LogP contribution is -2.45. The summed E-state index contributed by atoms with van der Waals surface area (Å²) in [5.74, 6) is 1.38. The molecule has 8 nitrogen and oxygen atoms in total. The maximum atomic E-state index is 9.91. The Balaban J connectivity index is 2.09. The second-order valence-corrected chi connectivity index (χ2v) is 7.04. The second-order valence-electron chi connectivity index (χ2n) is 6.05. The normalized spacial score (nSPS) is 14.1. The van der Waals surface area contributed by atoms with Crippen LogP contribution in [0.15, 0.2) is 6.33 Å². The minimum Gasteiger partial charge on any atom is -0.368 e. The SMILES string of the molecule is CSCCc1nc(N)[n+](C(C)COC(O)CCCCN)c2nc[nH]c12. The number of H-pyrrole nitrogens is 1. The van der Waals surface area contributed by atoms with Crippen molar-refractivity contribution in [2.45, 2.75) is 44.9 Å². The summed E-state index contributed by atoms with van der Waals surface area (Å²) in [5, 5.41) is 9.91. The number of aromatic amines is 1. The highest BCUT2D eigenvalue weighted by molar-refractivity contribution is 7.98. The van der Waals surface area contributed by atoms with Crippen molar-refractivity contribution in [3.05, 3.63) is 12.0 Å². The number of anilines is 1. The molecule has 0 aliphatic carbocycles. The van der Waals surface area contributed by atoms with Crippen LogP contribution in [0, 0.1) is 0 Å². The number of aliphatic hydroxyl groups is 1. The Labute approximate surface area is 152 Å². The van der Waals surface area contributed by atoms with E-state index in [1.165, 1.54) is 0 Å². The Hall–Kier alpha value is -1.42. The van der Waals surface area contributed by atoms with Crippen LogP contribution in [-0.2, 0) is 11.2 Å². The number of thioether (sulfide) groups is 1. The number of nitrogens with zero attached hydrogens (tertiary/aromatic N) is 3. The number of nitrogens with one attached hydrogen (secondary N) is 1. The maximum absolute atomic E-state index is 9.91.